The number of halogens is 1. The second kappa shape index (κ2) is 7.22. The highest BCUT2D eigenvalue weighted by molar-refractivity contribution is 6.30. The van der Waals surface area contributed by atoms with Crippen LogP contribution in [0.2, 0.25) is 5.02 Å². The van der Waals surface area contributed by atoms with Gasteiger partial charge in [-0.15, -0.1) is 0 Å². The van der Waals surface area contributed by atoms with E-state index >= 15 is 0 Å². The van der Waals surface area contributed by atoms with Crippen molar-refractivity contribution < 1.29 is 9.59 Å². The van der Waals surface area contributed by atoms with Gasteiger partial charge in [0.2, 0.25) is 0 Å². The highest BCUT2D eigenvalue weighted by Gasteiger charge is 2.31. The quantitative estimate of drug-likeness (QED) is 0.757. The van der Waals surface area contributed by atoms with Crippen molar-refractivity contribution in [2.45, 2.75) is 26.8 Å². The highest BCUT2D eigenvalue weighted by atomic mass is 35.5. The van der Waals surface area contributed by atoms with Crippen molar-refractivity contribution in [1.82, 2.24) is 10.6 Å². The number of hydrogen-bond acceptors (Lipinski definition) is 2. The second-order valence-electron chi connectivity index (χ2n) is 6.32. The Morgan fingerprint density at radius 1 is 1.08 bits per heavy atom. The molecule has 0 radical (unpaired) electrons. The molecule has 0 saturated carbocycles. The van der Waals surface area contributed by atoms with E-state index in [1.165, 1.54) is 0 Å². The zero-order chi connectivity index (χ0) is 18.8. The summed E-state index contributed by atoms with van der Waals surface area (Å²) in [4.78, 5) is 24.9. The molecule has 3 rings (SSSR count). The number of amides is 3. The van der Waals surface area contributed by atoms with Gasteiger partial charge in [0.05, 0.1) is 11.6 Å². The minimum atomic E-state index is -0.550. The molecule has 6 heteroatoms. The van der Waals surface area contributed by atoms with Crippen LogP contribution in [-0.2, 0) is 4.79 Å². The Morgan fingerprint density at radius 2 is 1.77 bits per heavy atom. The van der Waals surface area contributed by atoms with Crippen molar-refractivity contribution >= 4 is 29.2 Å². The van der Waals surface area contributed by atoms with Crippen molar-refractivity contribution in [1.29, 1.82) is 0 Å². The summed E-state index contributed by atoms with van der Waals surface area (Å²) in [5, 5.41) is 9.05. The molecule has 0 saturated heterocycles. The smallest absolute Gasteiger partial charge is 0.319 e. The Morgan fingerprint density at radius 3 is 2.46 bits per heavy atom. The predicted molar refractivity (Wildman–Crippen MR) is 103 cm³/mol. The van der Waals surface area contributed by atoms with E-state index in [2.05, 4.69) is 16.0 Å². The van der Waals surface area contributed by atoms with Gasteiger partial charge in [0, 0.05) is 16.4 Å². The monoisotopic (exact) mass is 369 g/mol. The van der Waals surface area contributed by atoms with Crippen LogP contribution in [0, 0.1) is 13.8 Å². The van der Waals surface area contributed by atoms with Crippen LogP contribution in [0.5, 0.6) is 0 Å². The molecule has 1 aliphatic rings. The van der Waals surface area contributed by atoms with E-state index in [0.717, 1.165) is 22.4 Å². The van der Waals surface area contributed by atoms with Crippen molar-refractivity contribution in [3.8, 4) is 0 Å². The molecule has 134 valence electrons. The number of nitrogens with one attached hydrogen (secondary N) is 3. The number of aryl methyl sites for hydroxylation is 1. The molecule has 1 atom stereocenters. The molecule has 0 unspecified atom stereocenters. The molecule has 2 aromatic carbocycles. The number of urea groups is 1. The van der Waals surface area contributed by atoms with Crippen molar-refractivity contribution in [3.05, 3.63) is 75.4 Å². The fraction of sp³-hybridized carbons (Fsp3) is 0.200. The van der Waals surface area contributed by atoms with E-state index in [0.29, 0.717) is 16.3 Å². The van der Waals surface area contributed by atoms with Gasteiger partial charge in [-0.25, -0.2) is 4.79 Å². The summed E-state index contributed by atoms with van der Waals surface area (Å²) >= 11 is 5.96. The molecule has 26 heavy (non-hydrogen) atoms. The highest BCUT2D eigenvalue weighted by Crippen LogP contribution is 2.29. The molecule has 1 aliphatic heterocycles. The van der Waals surface area contributed by atoms with E-state index in [1.807, 2.05) is 32.0 Å². The maximum absolute atomic E-state index is 13.0. The van der Waals surface area contributed by atoms with Crippen LogP contribution in [0.3, 0.4) is 0 Å². The standard InChI is InChI=1S/C20H20ClN3O2/c1-11-5-4-6-16(12(11)2)23-19(25)17-13(3)22-20(26)24-18(17)14-7-9-15(21)10-8-14/h4-10,18H,1-3H3,(H,23,25)(H2,22,24,26)/t18-/m0/s1. The summed E-state index contributed by atoms with van der Waals surface area (Å²) in [6.07, 6.45) is 0. The van der Waals surface area contributed by atoms with Gasteiger partial charge in [-0.1, -0.05) is 35.9 Å². The van der Waals surface area contributed by atoms with Crippen LogP contribution in [-0.4, -0.2) is 11.9 Å². The van der Waals surface area contributed by atoms with Crippen LogP contribution in [0.25, 0.3) is 0 Å². The molecular formula is C20H20ClN3O2. The predicted octanol–water partition coefficient (Wildman–Crippen LogP) is 4.22. The zero-order valence-corrected chi connectivity index (χ0v) is 15.6. The number of anilines is 1. The largest absolute Gasteiger partial charge is 0.327 e. The third-order valence-corrected chi connectivity index (χ3v) is 4.82. The number of carbonyl (C=O) groups is 2. The summed E-state index contributed by atoms with van der Waals surface area (Å²) in [5.74, 6) is -0.261. The van der Waals surface area contributed by atoms with Gasteiger partial charge in [-0.05, 0) is 55.7 Å². The van der Waals surface area contributed by atoms with E-state index in [9.17, 15) is 9.59 Å². The number of allylic oxidation sites excluding steroid dienone is 1. The van der Waals surface area contributed by atoms with Crippen LogP contribution in [0.4, 0.5) is 10.5 Å². The first kappa shape index (κ1) is 18.0. The van der Waals surface area contributed by atoms with Crippen molar-refractivity contribution in [2.24, 2.45) is 0 Å². The van der Waals surface area contributed by atoms with Crippen molar-refractivity contribution in [3.63, 3.8) is 0 Å². The Bertz CT molecular complexity index is 904. The maximum Gasteiger partial charge on any atom is 0.319 e. The third-order valence-electron chi connectivity index (χ3n) is 4.57. The number of hydrogen-bond donors (Lipinski definition) is 3. The molecule has 0 aromatic heterocycles. The lowest BCUT2D eigenvalue weighted by atomic mass is 9.94. The maximum atomic E-state index is 13.0. The van der Waals surface area contributed by atoms with Gasteiger partial charge < -0.3 is 16.0 Å². The number of benzene rings is 2. The topological polar surface area (TPSA) is 70.2 Å². The molecule has 2 aromatic rings. The first-order chi connectivity index (χ1) is 12.4. The first-order valence-corrected chi connectivity index (χ1v) is 8.66. The number of rotatable bonds is 3. The minimum absolute atomic E-state index is 0.261. The summed E-state index contributed by atoms with van der Waals surface area (Å²) in [5.41, 5.74) is 4.63. The van der Waals surface area contributed by atoms with Gasteiger partial charge in [-0.3, -0.25) is 4.79 Å². The second-order valence-corrected chi connectivity index (χ2v) is 6.76. The Labute approximate surface area is 157 Å². The molecule has 0 spiro atoms. The normalized spacial score (nSPS) is 16.8. The Hall–Kier alpha value is -2.79. The van der Waals surface area contributed by atoms with E-state index in [4.69, 9.17) is 11.6 Å². The van der Waals surface area contributed by atoms with Gasteiger partial charge in [0.25, 0.3) is 5.91 Å². The van der Waals surface area contributed by atoms with Gasteiger partial charge in [0.15, 0.2) is 0 Å². The summed E-state index contributed by atoms with van der Waals surface area (Å²) in [6, 6.07) is 11.9. The van der Waals surface area contributed by atoms with E-state index in [-0.39, 0.29) is 11.9 Å². The van der Waals surface area contributed by atoms with Gasteiger partial charge in [-0.2, -0.15) is 0 Å². The Balaban J connectivity index is 1.96. The molecule has 3 N–H and O–H groups in total. The molecule has 3 amide bonds. The average Bonchev–Trinajstić information content (AvgIpc) is 2.59. The zero-order valence-electron chi connectivity index (χ0n) is 14.8. The van der Waals surface area contributed by atoms with E-state index < -0.39 is 6.04 Å². The first-order valence-electron chi connectivity index (χ1n) is 8.28. The lowest BCUT2D eigenvalue weighted by Gasteiger charge is -2.29. The molecule has 0 aliphatic carbocycles. The fourth-order valence-electron chi connectivity index (χ4n) is 2.98. The van der Waals surface area contributed by atoms with Crippen LogP contribution in [0.15, 0.2) is 53.7 Å². The van der Waals surface area contributed by atoms with Crippen LogP contribution >= 0.6 is 11.6 Å². The van der Waals surface area contributed by atoms with Crippen LogP contribution < -0.4 is 16.0 Å². The lowest BCUT2D eigenvalue weighted by Crippen LogP contribution is -2.46. The summed E-state index contributed by atoms with van der Waals surface area (Å²) < 4.78 is 0. The van der Waals surface area contributed by atoms with E-state index in [1.54, 1.807) is 31.2 Å². The molecular weight excluding hydrogens is 350 g/mol. The third kappa shape index (κ3) is 3.58. The van der Waals surface area contributed by atoms with Gasteiger partial charge >= 0.3 is 6.03 Å². The minimum Gasteiger partial charge on any atom is -0.327 e. The molecule has 0 bridgehead atoms. The molecule has 5 nitrogen and oxygen atoms in total. The number of carbonyl (C=O) groups excluding carboxylic acids is 2. The average molecular weight is 370 g/mol. The van der Waals surface area contributed by atoms with Gasteiger partial charge in [0.1, 0.15) is 0 Å². The molecule has 1 heterocycles. The SMILES string of the molecule is CC1=C(C(=O)Nc2cccc(C)c2C)[C@H](c2ccc(Cl)cc2)NC(=O)N1. The summed E-state index contributed by atoms with van der Waals surface area (Å²) in [6.45, 7) is 5.68. The fourth-order valence-corrected chi connectivity index (χ4v) is 3.10. The Kier molecular flexibility index (Phi) is 5.00. The summed E-state index contributed by atoms with van der Waals surface area (Å²) in [7, 11) is 0. The lowest BCUT2D eigenvalue weighted by molar-refractivity contribution is -0.113. The van der Waals surface area contributed by atoms with Crippen LogP contribution in [0.1, 0.15) is 29.7 Å². The molecule has 0 fully saturated rings. The van der Waals surface area contributed by atoms with Crippen molar-refractivity contribution in [2.75, 3.05) is 5.32 Å².